The number of thiazole rings is 1. The number of rotatable bonds is 8. The number of benzene rings is 2. The molecular formula is C27H25N7O3S. The minimum Gasteiger partial charge on any atom is -0.481 e. The second-order valence-corrected chi connectivity index (χ2v) is 11.4. The molecule has 6 rings (SSSR count). The van der Waals surface area contributed by atoms with Crippen molar-refractivity contribution in [1.82, 2.24) is 35.1 Å². The molecule has 0 unspecified atom stereocenters. The van der Waals surface area contributed by atoms with E-state index in [9.17, 15) is 9.59 Å². The van der Waals surface area contributed by atoms with E-state index < -0.39 is 11.4 Å². The highest BCUT2D eigenvalue weighted by Gasteiger charge is 2.50. The van der Waals surface area contributed by atoms with E-state index in [2.05, 4.69) is 37.6 Å². The van der Waals surface area contributed by atoms with Gasteiger partial charge in [0.05, 0.1) is 33.8 Å². The normalized spacial score (nSPS) is 14.6. The number of nitrogens with zero attached hydrogens (tertiary/aromatic N) is 6. The maximum absolute atomic E-state index is 12.6. The average molecular weight is 528 g/mol. The van der Waals surface area contributed by atoms with Crippen LogP contribution in [0.1, 0.15) is 54.9 Å². The third-order valence-corrected chi connectivity index (χ3v) is 7.79. The van der Waals surface area contributed by atoms with Crippen LogP contribution in [0.2, 0.25) is 0 Å². The fraction of sp³-hybridized carbons (Fsp3) is 0.296. The van der Waals surface area contributed by atoms with Crippen LogP contribution in [0.25, 0.3) is 27.3 Å². The van der Waals surface area contributed by atoms with Gasteiger partial charge in [-0.2, -0.15) is 9.61 Å². The molecule has 11 heteroatoms. The third-order valence-electron chi connectivity index (χ3n) is 7.00. The van der Waals surface area contributed by atoms with Crippen LogP contribution in [0.15, 0.2) is 54.2 Å². The number of carboxylic acids is 1. The van der Waals surface area contributed by atoms with Gasteiger partial charge < -0.3 is 10.4 Å². The van der Waals surface area contributed by atoms with Gasteiger partial charge in [-0.1, -0.05) is 32.0 Å². The van der Waals surface area contributed by atoms with E-state index in [0.29, 0.717) is 17.0 Å². The minimum absolute atomic E-state index is 0.0282. The van der Waals surface area contributed by atoms with Crippen LogP contribution in [-0.4, -0.2) is 53.3 Å². The Hall–Kier alpha value is -4.25. The minimum atomic E-state index is -0.892. The van der Waals surface area contributed by atoms with Crippen LogP contribution in [-0.2, 0) is 10.2 Å². The molecule has 0 radical (unpaired) electrons. The molecular weight excluding hydrogens is 502 g/mol. The van der Waals surface area contributed by atoms with Crippen molar-refractivity contribution in [3.63, 3.8) is 0 Å². The van der Waals surface area contributed by atoms with Crippen molar-refractivity contribution in [1.29, 1.82) is 0 Å². The van der Waals surface area contributed by atoms with E-state index in [1.165, 1.54) is 5.56 Å². The highest BCUT2D eigenvalue weighted by Crippen LogP contribution is 2.53. The average Bonchev–Trinajstić information content (AvgIpc) is 3.36. The molecule has 0 aliphatic heterocycles. The first-order valence-electron chi connectivity index (χ1n) is 12.3. The standard InChI is InChI=1S/C27H25N7O3S/c1-26(2,12-22(35)36)14-29-23(37)17-5-3-16(4-6-17)20-13-28-25-32-31-24(34(25)33-20)27(9-10-27)18-7-8-19-21(11-18)38-15-30-19/h3-8,11,13,15H,9-10,12,14H2,1-2H3,(H,29,37)(H,35,36). The van der Waals surface area contributed by atoms with Gasteiger partial charge in [0.1, 0.15) is 5.69 Å². The molecule has 2 N–H and O–H groups in total. The number of aromatic nitrogens is 6. The number of carbonyl (C=O) groups excluding carboxylic acids is 1. The van der Waals surface area contributed by atoms with Crippen LogP contribution in [0.3, 0.4) is 0 Å². The lowest BCUT2D eigenvalue weighted by molar-refractivity contribution is -0.139. The van der Waals surface area contributed by atoms with Crippen LogP contribution in [0.4, 0.5) is 0 Å². The Bertz CT molecular complexity index is 1690. The molecule has 0 bridgehead atoms. The largest absolute Gasteiger partial charge is 0.481 e. The molecule has 2 aromatic carbocycles. The van der Waals surface area contributed by atoms with Crippen LogP contribution in [0, 0.1) is 5.41 Å². The zero-order chi connectivity index (χ0) is 26.5. The van der Waals surface area contributed by atoms with Crippen molar-refractivity contribution in [2.45, 2.75) is 38.5 Å². The number of carbonyl (C=O) groups is 2. The molecule has 3 aromatic heterocycles. The SMILES string of the molecule is CC(C)(CNC(=O)c1ccc(-c2cnc3nnc(C4(c5ccc6ncsc6c5)CC4)n3n2)cc1)CC(=O)O. The Labute approximate surface area is 221 Å². The van der Waals surface area contributed by atoms with Crippen molar-refractivity contribution in [3.8, 4) is 11.3 Å². The quantitative estimate of drug-likeness (QED) is 0.308. The van der Waals surface area contributed by atoms with Crippen LogP contribution >= 0.6 is 11.3 Å². The number of carboxylic acid groups (broad SMARTS) is 1. The molecule has 1 aliphatic carbocycles. The van der Waals surface area contributed by atoms with E-state index in [4.69, 9.17) is 10.2 Å². The number of fused-ring (bicyclic) bond motifs is 2. The first-order chi connectivity index (χ1) is 18.2. The second kappa shape index (κ2) is 8.95. The summed E-state index contributed by atoms with van der Waals surface area (Å²) in [5.74, 6) is 0.0576. The predicted octanol–water partition coefficient (Wildman–Crippen LogP) is 4.11. The number of hydrogen-bond acceptors (Lipinski definition) is 8. The fourth-order valence-electron chi connectivity index (χ4n) is 4.73. The maximum Gasteiger partial charge on any atom is 0.303 e. The van der Waals surface area contributed by atoms with E-state index in [0.717, 1.165) is 34.4 Å². The van der Waals surface area contributed by atoms with Gasteiger partial charge in [0.25, 0.3) is 11.7 Å². The van der Waals surface area contributed by atoms with Crippen molar-refractivity contribution in [2.75, 3.05) is 6.54 Å². The molecule has 38 heavy (non-hydrogen) atoms. The summed E-state index contributed by atoms with van der Waals surface area (Å²) in [5, 5.41) is 25.5. The molecule has 1 fully saturated rings. The lowest BCUT2D eigenvalue weighted by Gasteiger charge is -2.22. The summed E-state index contributed by atoms with van der Waals surface area (Å²) < 4.78 is 2.87. The molecule has 1 amide bonds. The molecule has 10 nitrogen and oxygen atoms in total. The number of amides is 1. The molecule has 0 spiro atoms. The topological polar surface area (TPSA) is 135 Å². The first-order valence-corrected chi connectivity index (χ1v) is 13.2. The first kappa shape index (κ1) is 24.1. The van der Waals surface area contributed by atoms with Gasteiger partial charge in [-0.3, -0.25) is 9.59 Å². The van der Waals surface area contributed by atoms with E-state index >= 15 is 0 Å². The van der Waals surface area contributed by atoms with Gasteiger partial charge in [0.15, 0.2) is 5.82 Å². The van der Waals surface area contributed by atoms with Crippen molar-refractivity contribution in [2.24, 2.45) is 5.41 Å². The van der Waals surface area contributed by atoms with Gasteiger partial charge in [-0.25, -0.2) is 9.97 Å². The highest BCUT2D eigenvalue weighted by atomic mass is 32.1. The fourth-order valence-corrected chi connectivity index (χ4v) is 5.45. The summed E-state index contributed by atoms with van der Waals surface area (Å²) in [4.78, 5) is 32.5. The molecule has 3 heterocycles. The lowest BCUT2D eigenvalue weighted by Crippen LogP contribution is -2.35. The Morgan fingerprint density at radius 1 is 1.11 bits per heavy atom. The Kier molecular flexibility index (Phi) is 5.68. The van der Waals surface area contributed by atoms with Crippen molar-refractivity contribution < 1.29 is 14.7 Å². The molecule has 1 aliphatic rings. The summed E-state index contributed by atoms with van der Waals surface area (Å²) in [6, 6.07) is 13.4. The smallest absolute Gasteiger partial charge is 0.303 e. The van der Waals surface area contributed by atoms with Gasteiger partial charge in [0, 0.05) is 17.7 Å². The van der Waals surface area contributed by atoms with Crippen molar-refractivity contribution >= 4 is 39.2 Å². The number of hydrogen-bond donors (Lipinski definition) is 2. The summed E-state index contributed by atoms with van der Waals surface area (Å²) in [7, 11) is 0. The zero-order valence-electron chi connectivity index (χ0n) is 20.9. The number of aliphatic carboxylic acids is 1. The maximum atomic E-state index is 12.6. The van der Waals surface area contributed by atoms with Crippen molar-refractivity contribution in [3.05, 3.63) is 71.1 Å². The Morgan fingerprint density at radius 2 is 1.89 bits per heavy atom. The van der Waals surface area contributed by atoms with E-state index in [-0.39, 0.29) is 24.3 Å². The van der Waals surface area contributed by atoms with E-state index in [1.54, 1.807) is 34.2 Å². The summed E-state index contributed by atoms with van der Waals surface area (Å²) in [6.07, 6.45) is 3.54. The molecule has 1 saturated carbocycles. The van der Waals surface area contributed by atoms with Gasteiger partial charge >= 0.3 is 5.97 Å². The third kappa shape index (κ3) is 4.38. The monoisotopic (exact) mass is 527 g/mol. The summed E-state index contributed by atoms with van der Waals surface area (Å²) in [5.41, 5.74) is 5.15. The highest BCUT2D eigenvalue weighted by molar-refractivity contribution is 7.16. The summed E-state index contributed by atoms with van der Waals surface area (Å²) >= 11 is 1.62. The molecule has 5 aromatic rings. The van der Waals surface area contributed by atoms with Gasteiger partial charge in [-0.15, -0.1) is 21.5 Å². The zero-order valence-corrected chi connectivity index (χ0v) is 21.7. The molecule has 0 atom stereocenters. The van der Waals surface area contributed by atoms with Gasteiger partial charge in [-0.05, 0) is 48.1 Å². The van der Waals surface area contributed by atoms with Gasteiger partial charge in [0.2, 0.25) is 0 Å². The molecule has 0 saturated heterocycles. The Balaban J connectivity index is 1.25. The van der Waals surface area contributed by atoms with E-state index in [1.807, 2.05) is 37.6 Å². The molecule has 192 valence electrons. The predicted molar refractivity (Wildman–Crippen MR) is 142 cm³/mol. The summed E-state index contributed by atoms with van der Waals surface area (Å²) in [6.45, 7) is 3.88. The Morgan fingerprint density at radius 3 is 2.63 bits per heavy atom. The second-order valence-electron chi connectivity index (χ2n) is 10.5. The van der Waals surface area contributed by atoms with Crippen LogP contribution in [0.5, 0.6) is 0 Å². The van der Waals surface area contributed by atoms with Crippen LogP contribution < -0.4 is 5.32 Å². The number of nitrogens with one attached hydrogen (secondary N) is 1. The lowest BCUT2D eigenvalue weighted by atomic mass is 9.89.